The number of carbonyl (C=O) groups excluding carboxylic acids is 3. The van der Waals surface area contributed by atoms with Gasteiger partial charge in [-0.2, -0.15) is 0 Å². The maximum absolute atomic E-state index is 12.6. The zero-order valence-electron chi connectivity index (χ0n) is 16.9. The number of morpholine rings is 1. The number of hydrogen-bond donors (Lipinski definition) is 1. The van der Waals surface area contributed by atoms with E-state index in [1.807, 2.05) is 26.0 Å². The third-order valence-corrected chi connectivity index (χ3v) is 5.10. The van der Waals surface area contributed by atoms with Crippen LogP contribution in [0, 0.1) is 13.8 Å². The van der Waals surface area contributed by atoms with Gasteiger partial charge in [-0.05, 0) is 49.2 Å². The van der Waals surface area contributed by atoms with Crippen LogP contribution in [-0.2, 0) is 9.53 Å². The first-order valence-electron chi connectivity index (χ1n) is 9.81. The van der Waals surface area contributed by atoms with E-state index in [1.54, 1.807) is 35.2 Å². The van der Waals surface area contributed by atoms with Crippen molar-refractivity contribution in [1.82, 2.24) is 4.90 Å². The number of ether oxygens (including phenoxy) is 1. The Labute approximate surface area is 170 Å². The Morgan fingerprint density at radius 1 is 0.931 bits per heavy atom. The van der Waals surface area contributed by atoms with Crippen molar-refractivity contribution < 1.29 is 19.1 Å². The maximum atomic E-state index is 12.6. The number of benzene rings is 2. The lowest BCUT2D eigenvalue weighted by Crippen LogP contribution is -2.40. The fraction of sp³-hybridized carbons (Fsp3) is 0.348. The fourth-order valence-electron chi connectivity index (χ4n) is 3.19. The first-order valence-corrected chi connectivity index (χ1v) is 9.81. The van der Waals surface area contributed by atoms with Crippen LogP contribution in [0.25, 0.3) is 0 Å². The topological polar surface area (TPSA) is 75.7 Å². The minimum atomic E-state index is -0.252. The highest BCUT2D eigenvalue weighted by Crippen LogP contribution is 2.16. The lowest BCUT2D eigenvalue weighted by Gasteiger charge is -2.27. The molecule has 2 amide bonds. The summed E-state index contributed by atoms with van der Waals surface area (Å²) in [4.78, 5) is 38.9. The van der Waals surface area contributed by atoms with Gasteiger partial charge in [-0.3, -0.25) is 14.4 Å². The number of rotatable bonds is 6. The predicted octanol–water partition coefficient (Wildman–Crippen LogP) is 3.38. The summed E-state index contributed by atoms with van der Waals surface area (Å²) in [6, 6.07) is 12.4. The molecule has 6 heteroatoms. The van der Waals surface area contributed by atoms with E-state index in [4.69, 9.17) is 4.74 Å². The monoisotopic (exact) mass is 394 g/mol. The molecule has 1 fully saturated rings. The standard InChI is InChI=1S/C23H26N2O4/c1-16-6-7-18(14-17(16)2)21(26)8-9-22(27)24-20-5-3-4-19(15-20)23(28)25-10-12-29-13-11-25/h3-7,14-15H,8-13H2,1-2H3,(H,24,27). The molecule has 0 saturated carbocycles. The van der Waals surface area contributed by atoms with Gasteiger partial charge in [-0.15, -0.1) is 0 Å². The van der Waals surface area contributed by atoms with Crippen LogP contribution in [0.1, 0.15) is 44.7 Å². The Balaban J connectivity index is 1.55. The quantitative estimate of drug-likeness (QED) is 0.762. The molecular weight excluding hydrogens is 368 g/mol. The highest BCUT2D eigenvalue weighted by atomic mass is 16.5. The minimum Gasteiger partial charge on any atom is -0.378 e. The average Bonchev–Trinajstić information content (AvgIpc) is 2.74. The molecule has 0 spiro atoms. The number of aryl methyl sites for hydroxylation is 2. The van der Waals surface area contributed by atoms with E-state index in [0.29, 0.717) is 43.1 Å². The van der Waals surface area contributed by atoms with Crippen LogP contribution in [0.2, 0.25) is 0 Å². The van der Waals surface area contributed by atoms with Crippen LogP contribution >= 0.6 is 0 Å². The summed E-state index contributed by atoms with van der Waals surface area (Å²) >= 11 is 0. The van der Waals surface area contributed by atoms with E-state index in [1.165, 1.54) is 0 Å². The Hall–Kier alpha value is -2.99. The molecule has 2 aromatic rings. The third-order valence-electron chi connectivity index (χ3n) is 5.10. The lowest BCUT2D eigenvalue weighted by atomic mass is 10.0. The van der Waals surface area contributed by atoms with Crippen molar-refractivity contribution in [2.75, 3.05) is 31.6 Å². The number of nitrogens with zero attached hydrogens (tertiary/aromatic N) is 1. The SMILES string of the molecule is Cc1ccc(C(=O)CCC(=O)Nc2cccc(C(=O)N3CCOCC3)c2)cc1C. The molecule has 152 valence electrons. The van der Waals surface area contributed by atoms with E-state index in [-0.39, 0.29) is 30.4 Å². The van der Waals surface area contributed by atoms with Gasteiger partial charge in [0.2, 0.25) is 5.91 Å². The van der Waals surface area contributed by atoms with Crippen molar-refractivity contribution >= 4 is 23.3 Å². The first-order chi connectivity index (χ1) is 13.9. The molecule has 1 N–H and O–H groups in total. The summed E-state index contributed by atoms with van der Waals surface area (Å²) in [6.07, 6.45) is 0.230. The van der Waals surface area contributed by atoms with Gasteiger partial charge in [0.15, 0.2) is 5.78 Å². The van der Waals surface area contributed by atoms with Crippen LogP contribution in [0.4, 0.5) is 5.69 Å². The van der Waals surface area contributed by atoms with Gasteiger partial charge in [0.1, 0.15) is 0 Å². The molecule has 0 aliphatic carbocycles. The second-order valence-electron chi connectivity index (χ2n) is 7.26. The molecule has 1 saturated heterocycles. The number of hydrogen-bond acceptors (Lipinski definition) is 4. The van der Waals surface area contributed by atoms with Gasteiger partial charge in [0.25, 0.3) is 5.91 Å². The number of Topliss-reactive ketones (excluding diaryl/α,β-unsaturated/α-hetero) is 1. The molecule has 2 aromatic carbocycles. The number of anilines is 1. The molecule has 0 aromatic heterocycles. The molecule has 1 aliphatic heterocycles. The van der Waals surface area contributed by atoms with Crippen LogP contribution in [0.5, 0.6) is 0 Å². The molecule has 6 nitrogen and oxygen atoms in total. The molecule has 3 rings (SSSR count). The molecule has 0 bridgehead atoms. The van der Waals surface area contributed by atoms with Crippen molar-refractivity contribution in [3.8, 4) is 0 Å². The van der Waals surface area contributed by atoms with Gasteiger partial charge < -0.3 is 15.0 Å². The molecule has 1 heterocycles. The third kappa shape index (κ3) is 5.51. The minimum absolute atomic E-state index is 0.0560. The molecular formula is C23H26N2O4. The number of nitrogens with one attached hydrogen (secondary N) is 1. The summed E-state index contributed by atoms with van der Waals surface area (Å²) in [5.41, 5.74) is 3.88. The van der Waals surface area contributed by atoms with Crippen molar-refractivity contribution in [2.24, 2.45) is 0 Å². The van der Waals surface area contributed by atoms with E-state index in [2.05, 4.69) is 5.32 Å². The van der Waals surface area contributed by atoms with E-state index >= 15 is 0 Å². The largest absolute Gasteiger partial charge is 0.378 e. The van der Waals surface area contributed by atoms with Crippen LogP contribution in [-0.4, -0.2) is 48.8 Å². The predicted molar refractivity (Wildman–Crippen MR) is 111 cm³/mol. The molecule has 0 radical (unpaired) electrons. The lowest BCUT2D eigenvalue weighted by molar-refractivity contribution is -0.116. The normalized spacial score (nSPS) is 13.8. The number of carbonyl (C=O) groups is 3. The van der Waals surface area contributed by atoms with Crippen LogP contribution < -0.4 is 5.32 Å². The summed E-state index contributed by atoms with van der Waals surface area (Å²) in [5, 5.41) is 2.78. The van der Waals surface area contributed by atoms with E-state index < -0.39 is 0 Å². The van der Waals surface area contributed by atoms with Gasteiger partial charge in [-0.1, -0.05) is 18.2 Å². The van der Waals surface area contributed by atoms with Gasteiger partial charge in [0.05, 0.1) is 13.2 Å². The van der Waals surface area contributed by atoms with Gasteiger partial charge in [-0.25, -0.2) is 0 Å². The summed E-state index contributed by atoms with van der Waals surface area (Å²) < 4.78 is 5.27. The highest BCUT2D eigenvalue weighted by molar-refractivity contribution is 6.01. The smallest absolute Gasteiger partial charge is 0.254 e. The fourth-order valence-corrected chi connectivity index (χ4v) is 3.19. The van der Waals surface area contributed by atoms with E-state index in [9.17, 15) is 14.4 Å². The zero-order valence-corrected chi connectivity index (χ0v) is 16.9. The zero-order chi connectivity index (χ0) is 20.8. The Morgan fingerprint density at radius 2 is 1.69 bits per heavy atom. The van der Waals surface area contributed by atoms with Crippen molar-refractivity contribution in [3.05, 3.63) is 64.7 Å². The summed E-state index contributed by atoms with van der Waals surface area (Å²) in [5.74, 6) is -0.382. The second kappa shape index (κ2) is 9.47. The second-order valence-corrected chi connectivity index (χ2v) is 7.26. The molecule has 29 heavy (non-hydrogen) atoms. The Kier molecular flexibility index (Phi) is 6.77. The summed E-state index contributed by atoms with van der Waals surface area (Å²) in [6.45, 7) is 6.17. The molecule has 0 unspecified atom stereocenters. The van der Waals surface area contributed by atoms with E-state index in [0.717, 1.165) is 11.1 Å². The van der Waals surface area contributed by atoms with Crippen molar-refractivity contribution in [3.63, 3.8) is 0 Å². The van der Waals surface area contributed by atoms with Crippen molar-refractivity contribution in [1.29, 1.82) is 0 Å². The number of ketones is 1. The molecule has 0 atom stereocenters. The number of amides is 2. The molecule has 1 aliphatic rings. The van der Waals surface area contributed by atoms with Crippen molar-refractivity contribution in [2.45, 2.75) is 26.7 Å². The average molecular weight is 394 g/mol. The van der Waals surface area contributed by atoms with Crippen LogP contribution in [0.3, 0.4) is 0 Å². The van der Waals surface area contributed by atoms with Gasteiger partial charge >= 0.3 is 0 Å². The van der Waals surface area contributed by atoms with Gasteiger partial charge in [0, 0.05) is 42.7 Å². The Bertz CT molecular complexity index is 917. The maximum Gasteiger partial charge on any atom is 0.254 e. The van der Waals surface area contributed by atoms with Crippen LogP contribution in [0.15, 0.2) is 42.5 Å². The summed E-state index contributed by atoms with van der Waals surface area (Å²) in [7, 11) is 0. The highest BCUT2D eigenvalue weighted by Gasteiger charge is 2.19. The first kappa shape index (κ1) is 20.7. The Morgan fingerprint density at radius 3 is 2.41 bits per heavy atom.